The first-order chi connectivity index (χ1) is 12.0. The maximum Gasteiger partial charge on any atom is 1.00 e. The lowest BCUT2D eigenvalue weighted by atomic mass is 9.84. The molecule has 158 valence electrons. The molecule has 2 fully saturated rings. The zero-order valence-corrected chi connectivity index (χ0v) is 15.1. The number of amidine groups is 1. The highest BCUT2D eigenvalue weighted by molar-refractivity contribution is 6.33. The Bertz CT molecular complexity index is 544. The molecule has 10 N–H and O–H groups in total. The smallest absolute Gasteiger partial charge is 1.00 e. The van der Waals surface area contributed by atoms with Crippen molar-refractivity contribution in [2.24, 2.45) is 16.5 Å². The molecule has 2 unspecified atom stereocenters. The summed E-state index contributed by atoms with van der Waals surface area (Å²) in [7, 11) is 0. The number of aliphatic carboxylic acids is 1. The van der Waals surface area contributed by atoms with Crippen LogP contribution in [-0.4, -0.2) is 104 Å². The zero-order chi connectivity index (χ0) is 19.8. The number of halogens is 1. The fraction of sp³-hybridized carbons (Fsp3) is 0.857. The standard InChI is InChI=1S/C14H25N3O9.ClH/c1-3-5(17-12(16)13(23)24)2-4(15)14(25-3)26-11-9(21)7(19)6(18)8(20)10(11)22;/h3-11,14,18-22H,2,15H2,1H3,(H2,16,17)(H,23,24);1H/t3-,4+,5+,6?,7+,8+,9-,10+,11?,14-;/m1./s1. The number of aliphatic imine (C=N–C) groups is 1. The number of aliphatic hydroxyl groups excluding tert-OH is 5. The summed E-state index contributed by atoms with van der Waals surface area (Å²) in [5.41, 5.74) is 11.2. The van der Waals surface area contributed by atoms with Crippen LogP contribution in [0.1, 0.15) is 14.8 Å². The first-order valence-corrected chi connectivity index (χ1v) is 8.08. The second kappa shape index (κ2) is 9.41. The normalized spacial score (nSPS) is 45.8. The lowest BCUT2D eigenvalue weighted by molar-refractivity contribution is -0.293. The first-order valence-electron chi connectivity index (χ1n) is 8.08. The molecule has 13 heteroatoms. The molecule has 2 rings (SSSR count). The fourth-order valence-electron chi connectivity index (χ4n) is 3.02. The largest absolute Gasteiger partial charge is 1.00 e. The Morgan fingerprint density at radius 2 is 1.59 bits per heavy atom. The molecule has 1 heterocycles. The monoisotopic (exact) mass is 415 g/mol. The van der Waals surface area contributed by atoms with Crippen LogP contribution in [0.3, 0.4) is 0 Å². The van der Waals surface area contributed by atoms with Crippen molar-refractivity contribution in [3.8, 4) is 0 Å². The van der Waals surface area contributed by atoms with Crippen LogP contribution in [0, 0.1) is 0 Å². The van der Waals surface area contributed by atoms with Gasteiger partial charge in [0, 0.05) is 0 Å². The van der Waals surface area contributed by atoms with Crippen molar-refractivity contribution >= 4 is 11.8 Å². The predicted octanol–water partition coefficient (Wildman–Crippen LogP) is -7.42. The van der Waals surface area contributed by atoms with Crippen LogP contribution >= 0.6 is 0 Å². The molecule has 0 bridgehead atoms. The highest BCUT2D eigenvalue weighted by Crippen LogP contribution is 2.29. The first kappa shape index (κ1) is 23.9. The number of aliphatic hydroxyl groups is 5. The van der Waals surface area contributed by atoms with Gasteiger partial charge in [-0.05, 0) is 13.3 Å². The average Bonchev–Trinajstić information content (AvgIpc) is 2.58. The second-order valence-corrected chi connectivity index (χ2v) is 6.55. The van der Waals surface area contributed by atoms with Crippen molar-refractivity contribution in [2.75, 3.05) is 0 Å². The molecule has 2 aliphatic rings. The molecule has 0 aromatic rings. The van der Waals surface area contributed by atoms with Crippen molar-refractivity contribution in [1.82, 2.24) is 0 Å². The van der Waals surface area contributed by atoms with Crippen LogP contribution in [0.5, 0.6) is 0 Å². The van der Waals surface area contributed by atoms with Crippen LogP contribution in [0.4, 0.5) is 0 Å². The number of nitrogens with zero attached hydrogens (tertiary/aromatic N) is 1. The van der Waals surface area contributed by atoms with Crippen molar-refractivity contribution in [3.63, 3.8) is 0 Å². The van der Waals surface area contributed by atoms with E-state index in [4.69, 9.17) is 26.0 Å². The Labute approximate surface area is 162 Å². The quantitative estimate of drug-likeness (QED) is 0.160. The van der Waals surface area contributed by atoms with Gasteiger partial charge in [0.15, 0.2) is 6.29 Å². The topological polar surface area (TPSA) is 221 Å². The van der Waals surface area contributed by atoms with E-state index in [0.29, 0.717) is 0 Å². The lowest BCUT2D eigenvalue weighted by Crippen LogP contribution is -3.00. The van der Waals surface area contributed by atoms with Gasteiger partial charge in [-0.2, -0.15) is 0 Å². The van der Waals surface area contributed by atoms with E-state index in [9.17, 15) is 30.3 Å². The van der Waals surface area contributed by atoms with Crippen LogP contribution in [0.15, 0.2) is 4.99 Å². The highest BCUT2D eigenvalue weighted by Gasteiger charge is 2.50. The number of rotatable bonds is 3. The molecule has 1 saturated carbocycles. The Kier molecular flexibility index (Phi) is 8.34. The maximum atomic E-state index is 10.8. The van der Waals surface area contributed by atoms with Gasteiger partial charge < -0.3 is 64.0 Å². The maximum absolute atomic E-state index is 10.8. The van der Waals surface area contributed by atoms with Gasteiger partial charge in [0.2, 0.25) is 5.84 Å². The SMILES string of the molecule is C[C@H]1O[C@H](OC2[C@@H](O)[C@@H](O)C(O)[C@H](O)[C@H]2O)[C@@H](N)C[C@@H]1N=C(N)C(=O)O.[Cl-].[H+]. The van der Waals surface area contributed by atoms with Gasteiger partial charge in [-0.3, -0.25) is 4.99 Å². The van der Waals surface area contributed by atoms with Gasteiger partial charge in [-0.1, -0.05) is 0 Å². The summed E-state index contributed by atoms with van der Waals surface area (Å²) >= 11 is 0. The summed E-state index contributed by atoms with van der Waals surface area (Å²) in [5.74, 6) is -1.96. The lowest BCUT2D eigenvalue weighted by Gasteiger charge is -2.45. The Balaban J connectivity index is 0.00000364. The summed E-state index contributed by atoms with van der Waals surface area (Å²) in [6.45, 7) is 1.59. The third-order valence-corrected chi connectivity index (χ3v) is 4.64. The van der Waals surface area contributed by atoms with E-state index in [1.54, 1.807) is 6.92 Å². The molecule has 1 saturated heterocycles. The molecule has 27 heavy (non-hydrogen) atoms. The Morgan fingerprint density at radius 3 is 2.07 bits per heavy atom. The van der Waals surface area contributed by atoms with Gasteiger partial charge in [0.1, 0.15) is 36.6 Å². The van der Waals surface area contributed by atoms with Crippen molar-refractivity contribution in [1.29, 1.82) is 0 Å². The van der Waals surface area contributed by atoms with Gasteiger partial charge in [0.05, 0.1) is 18.2 Å². The molecule has 12 nitrogen and oxygen atoms in total. The van der Waals surface area contributed by atoms with E-state index >= 15 is 0 Å². The minimum Gasteiger partial charge on any atom is -1.00 e. The van der Waals surface area contributed by atoms with E-state index in [2.05, 4.69) is 4.99 Å². The highest BCUT2D eigenvalue weighted by atomic mass is 35.5. The van der Waals surface area contributed by atoms with Crippen LogP contribution in [0.2, 0.25) is 0 Å². The van der Waals surface area contributed by atoms with Gasteiger partial charge >= 0.3 is 7.40 Å². The van der Waals surface area contributed by atoms with E-state index in [-0.39, 0.29) is 20.3 Å². The molecule has 1 aliphatic heterocycles. The van der Waals surface area contributed by atoms with E-state index in [1.807, 2.05) is 0 Å². The molecule has 0 spiro atoms. The van der Waals surface area contributed by atoms with E-state index in [1.165, 1.54) is 0 Å². The number of carbonyl (C=O) groups is 1. The molecule has 1 aliphatic carbocycles. The fourth-order valence-corrected chi connectivity index (χ4v) is 3.02. The van der Waals surface area contributed by atoms with Gasteiger partial charge in [-0.15, -0.1) is 0 Å². The molecule has 0 radical (unpaired) electrons. The molecule has 0 aromatic heterocycles. The van der Waals surface area contributed by atoms with Crippen LogP contribution in [-0.2, 0) is 14.3 Å². The summed E-state index contributed by atoms with van der Waals surface area (Å²) < 4.78 is 11.0. The van der Waals surface area contributed by atoms with Crippen molar-refractivity contribution in [3.05, 3.63) is 0 Å². The van der Waals surface area contributed by atoms with Crippen LogP contribution < -0.4 is 23.9 Å². The second-order valence-electron chi connectivity index (χ2n) is 6.55. The third-order valence-electron chi connectivity index (χ3n) is 4.64. The number of carboxylic acid groups (broad SMARTS) is 1. The summed E-state index contributed by atoms with van der Waals surface area (Å²) in [4.78, 5) is 14.6. The minimum absolute atomic E-state index is 0. The number of nitrogens with two attached hydrogens (primary N) is 2. The minimum atomic E-state index is -1.74. The molecule has 0 aromatic carbocycles. The van der Waals surface area contributed by atoms with Crippen molar-refractivity contribution in [2.45, 2.75) is 74.4 Å². The average molecular weight is 416 g/mol. The molecule has 0 amide bonds. The van der Waals surface area contributed by atoms with E-state index in [0.717, 1.165) is 0 Å². The summed E-state index contributed by atoms with van der Waals surface area (Å²) in [5, 5.41) is 57.8. The summed E-state index contributed by atoms with van der Waals surface area (Å²) in [6.07, 6.45) is -11.7. The number of hydrogen-bond donors (Lipinski definition) is 8. The Hall–Kier alpha value is -1.09. The molecular weight excluding hydrogens is 390 g/mol. The number of carboxylic acids is 1. The molecular formula is C14H26ClN3O9. The van der Waals surface area contributed by atoms with Crippen LogP contribution in [0.25, 0.3) is 0 Å². The van der Waals surface area contributed by atoms with Gasteiger partial charge in [0.25, 0.3) is 0 Å². The molecule has 10 atom stereocenters. The third kappa shape index (κ3) is 5.04. The number of hydrogen-bond acceptors (Lipinski definition) is 10. The number of ether oxygens (including phenoxy) is 2. The predicted molar refractivity (Wildman–Crippen MR) is 86.0 cm³/mol. The van der Waals surface area contributed by atoms with Gasteiger partial charge in [-0.25, -0.2) is 4.79 Å². The van der Waals surface area contributed by atoms with Crippen molar-refractivity contribution < 1.29 is 58.7 Å². The summed E-state index contributed by atoms with van der Waals surface area (Å²) in [6, 6.07) is -1.46. The zero-order valence-electron chi connectivity index (χ0n) is 15.4. The van der Waals surface area contributed by atoms with E-state index < -0.39 is 72.9 Å². The Morgan fingerprint density at radius 1 is 1.11 bits per heavy atom.